The molecular weight excluding hydrogens is 276 g/mol. The van der Waals surface area contributed by atoms with Crippen LogP contribution in [-0.2, 0) is 11.2 Å². The number of benzene rings is 1. The fraction of sp³-hybridized carbons (Fsp3) is 0.231. The average Bonchev–Trinajstić information content (AvgIpc) is 3.01. The third-order valence-electron chi connectivity index (χ3n) is 3.08. The van der Waals surface area contributed by atoms with Crippen LogP contribution in [-0.4, -0.2) is 19.8 Å². The molecule has 0 aliphatic rings. The summed E-state index contributed by atoms with van der Waals surface area (Å²) in [5.74, 6) is 0.547. The largest absolute Gasteiger partial charge is 0.361 e. The zero-order valence-electron chi connectivity index (χ0n) is 11.0. The van der Waals surface area contributed by atoms with E-state index in [2.05, 4.69) is 19.2 Å². The molecule has 1 amide bonds. The summed E-state index contributed by atoms with van der Waals surface area (Å²) in [7, 11) is 0. The summed E-state index contributed by atoms with van der Waals surface area (Å²) < 4.78 is 13.4. The van der Waals surface area contributed by atoms with Gasteiger partial charge in [0, 0.05) is 5.56 Å². The second-order valence-corrected chi connectivity index (χ2v) is 4.99. The Kier molecular flexibility index (Phi) is 3.19. The van der Waals surface area contributed by atoms with Crippen LogP contribution >= 0.6 is 11.7 Å². The molecule has 1 aromatic carbocycles. The van der Waals surface area contributed by atoms with Gasteiger partial charge in [-0.1, -0.05) is 11.2 Å². The third kappa shape index (κ3) is 2.27. The van der Waals surface area contributed by atoms with Crippen LogP contribution in [0.2, 0.25) is 0 Å². The molecule has 0 atom stereocenters. The van der Waals surface area contributed by atoms with Crippen molar-refractivity contribution in [2.45, 2.75) is 20.3 Å². The zero-order chi connectivity index (χ0) is 14.1. The van der Waals surface area contributed by atoms with Crippen molar-refractivity contribution in [2.24, 2.45) is 0 Å². The van der Waals surface area contributed by atoms with Crippen LogP contribution in [0.4, 0.5) is 5.69 Å². The van der Waals surface area contributed by atoms with Crippen LogP contribution in [0, 0.1) is 13.8 Å². The second-order valence-electron chi connectivity index (χ2n) is 4.47. The number of hydrogen-bond acceptors (Lipinski definition) is 6. The van der Waals surface area contributed by atoms with Crippen molar-refractivity contribution in [1.82, 2.24) is 13.9 Å². The van der Waals surface area contributed by atoms with Gasteiger partial charge in [0.15, 0.2) is 0 Å². The summed E-state index contributed by atoms with van der Waals surface area (Å²) in [6.07, 6.45) is 0.231. The van der Waals surface area contributed by atoms with E-state index in [0.29, 0.717) is 17.0 Å². The summed E-state index contributed by atoms with van der Waals surface area (Å²) in [5.41, 5.74) is 3.74. The average molecular weight is 288 g/mol. The van der Waals surface area contributed by atoms with E-state index in [1.165, 1.54) is 0 Å². The van der Waals surface area contributed by atoms with Crippen molar-refractivity contribution in [1.29, 1.82) is 0 Å². The molecular formula is C13H12N4O2S. The standard InChI is InChI=1S/C13H12N4O2S/c1-7-9(8(2)19-15-7)6-12(18)14-10-4-3-5-11-13(10)17-20-16-11/h3-5H,6H2,1-2H3,(H,14,18). The minimum atomic E-state index is -0.125. The van der Waals surface area contributed by atoms with Gasteiger partial charge in [-0.15, -0.1) is 0 Å². The highest BCUT2D eigenvalue weighted by Gasteiger charge is 2.14. The Hall–Kier alpha value is -2.28. The van der Waals surface area contributed by atoms with Crippen molar-refractivity contribution in [3.63, 3.8) is 0 Å². The summed E-state index contributed by atoms with van der Waals surface area (Å²) in [5, 5.41) is 6.70. The van der Waals surface area contributed by atoms with Crippen molar-refractivity contribution >= 4 is 34.4 Å². The smallest absolute Gasteiger partial charge is 0.229 e. The number of nitrogens with zero attached hydrogens (tertiary/aromatic N) is 3. The Morgan fingerprint density at radius 2 is 2.20 bits per heavy atom. The van der Waals surface area contributed by atoms with E-state index in [4.69, 9.17) is 4.52 Å². The van der Waals surface area contributed by atoms with Crippen molar-refractivity contribution in [3.8, 4) is 0 Å². The SMILES string of the molecule is Cc1noc(C)c1CC(=O)Nc1cccc2nsnc12. The summed E-state index contributed by atoms with van der Waals surface area (Å²) in [6.45, 7) is 3.62. The Labute approximate surface area is 119 Å². The highest BCUT2D eigenvalue weighted by Crippen LogP contribution is 2.21. The van der Waals surface area contributed by atoms with E-state index in [0.717, 1.165) is 28.5 Å². The predicted molar refractivity (Wildman–Crippen MR) is 75.7 cm³/mol. The maximum atomic E-state index is 12.1. The van der Waals surface area contributed by atoms with Gasteiger partial charge >= 0.3 is 0 Å². The second kappa shape index (κ2) is 5.01. The number of nitrogens with one attached hydrogen (secondary N) is 1. The summed E-state index contributed by atoms with van der Waals surface area (Å²) in [6, 6.07) is 5.52. The fourth-order valence-electron chi connectivity index (χ4n) is 2.02. The van der Waals surface area contributed by atoms with Gasteiger partial charge in [-0.2, -0.15) is 8.75 Å². The number of rotatable bonds is 3. The first kappa shape index (κ1) is 12.7. The molecule has 2 heterocycles. The molecule has 0 aliphatic heterocycles. The lowest BCUT2D eigenvalue weighted by molar-refractivity contribution is -0.115. The molecule has 0 saturated heterocycles. The number of carbonyl (C=O) groups excluding carboxylic acids is 1. The minimum absolute atomic E-state index is 0.125. The molecule has 102 valence electrons. The number of hydrogen-bond donors (Lipinski definition) is 1. The van der Waals surface area contributed by atoms with E-state index in [-0.39, 0.29) is 12.3 Å². The normalized spacial score (nSPS) is 10.9. The van der Waals surface area contributed by atoms with Gasteiger partial charge in [0.25, 0.3) is 0 Å². The molecule has 6 nitrogen and oxygen atoms in total. The Morgan fingerprint density at radius 1 is 1.35 bits per heavy atom. The molecule has 0 unspecified atom stereocenters. The molecule has 0 saturated carbocycles. The number of aromatic nitrogens is 3. The molecule has 20 heavy (non-hydrogen) atoms. The monoisotopic (exact) mass is 288 g/mol. The maximum Gasteiger partial charge on any atom is 0.229 e. The maximum absolute atomic E-state index is 12.1. The van der Waals surface area contributed by atoms with Crippen LogP contribution in [0.3, 0.4) is 0 Å². The summed E-state index contributed by atoms with van der Waals surface area (Å²) >= 11 is 1.13. The topological polar surface area (TPSA) is 80.9 Å². The molecule has 0 fully saturated rings. The predicted octanol–water partition coefficient (Wildman–Crippen LogP) is 2.48. The number of aryl methyl sites for hydroxylation is 2. The van der Waals surface area contributed by atoms with E-state index in [1.807, 2.05) is 25.1 Å². The molecule has 0 spiro atoms. The molecule has 3 rings (SSSR count). The van der Waals surface area contributed by atoms with Crippen molar-refractivity contribution in [2.75, 3.05) is 5.32 Å². The fourth-order valence-corrected chi connectivity index (χ4v) is 2.57. The summed E-state index contributed by atoms with van der Waals surface area (Å²) in [4.78, 5) is 12.1. The van der Waals surface area contributed by atoms with Gasteiger partial charge < -0.3 is 9.84 Å². The lowest BCUT2D eigenvalue weighted by Gasteiger charge is -2.05. The number of carbonyl (C=O) groups is 1. The quantitative estimate of drug-likeness (QED) is 0.800. The van der Waals surface area contributed by atoms with Gasteiger partial charge in [0.05, 0.1) is 29.5 Å². The van der Waals surface area contributed by atoms with Crippen molar-refractivity contribution in [3.05, 3.63) is 35.2 Å². The molecule has 2 aromatic heterocycles. The molecule has 0 bridgehead atoms. The Bertz CT molecular complexity index is 758. The van der Waals surface area contributed by atoms with Crippen LogP contribution < -0.4 is 5.32 Å². The van der Waals surface area contributed by atoms with Gasteiger partial charge in [0.2, 0.25) is 5.91 Å². The van der Waals surface area contributed by atoms with Crippen LogP contribution in [0.25, 0.3) is 11.0 Å². The highest BCUT2D eigenvalue weighted by atomic mass is 32.1. The van der Waals surface area contributed by atoms with E-state index in [9.17, 15) is 4.79 Å². The first-order chi connectivity index (χ1) is 9.65. The van der Waals surface area contributed by atoms with Crippen LogP contribution in [0.1, 0.15) is 17.0 Å². The van der Waals surface area contributed by atoms with Gasteiger partial charge in [-0.3, -0.25) is 4.79 Å². The molecule has 7 heteroatoms. The van der Waals surface area contributed by atoms with Gasteiger partial charge in [-0.25, -0.2) is 0 Å². The first-order valence-corrected chi connectivity index (χ1v) is 6.81. The zero-order valence-corrected chi connectivity index (χ0v) is 11.8. The molecule has 0 radical (unpaired) electrons. The first-order valence-electron chi connectivity index (χ1n) is 6.08. The van der Waals surface area contributed by atoms with E-state index < -0.39 is 0 Å². The molecule has 3 aromatic rings. The minimum Gasteiger partial charge on any atom is -0.361 e. The third-order valence-corrected chi connectivity index (χ3v) is 3.62. The lowest BCUT2D eigenvalue weighted by Crippen LogP contribution is -2.15. The number of amides is 1. The molecule has 0 aliphatic carbocycles. The van der Waals surface area contributed by atoms with Crippen LogP contribution in [0.15, 0.2) is 22.7 Å². The Balaban J connectivity index is 1.81. The van der Waals surface area contributed by atoms with E-state index >= 15 is 0 Å². The highest BCUT2D eigenvalue weighted by molar-refractivity contribution is 7.00. The Morgan fingerprint density at radius 3 is 2.95 bits per heavy atom. The van der Waals surface area contributed by atoms with Crippen LogP contribution in [0.5, 0.6) is 0 Å². The lowest BCUT2D eigenvalue weighted by atomic mass is 10.1. The van der Waals surface area contributed by atoms with Gasteiger partial charge in [-0.05, 0) is 26.0 Å². The number of anilines is 1. The molecule has 1 N–H and O–H groups in total. The van der Waals surface area contributed by atoms with Crippen molar-refractivity contribution < 1.29 is 9.32 Å². The van der Waals surface area contributed by atoms with Gasteiger partial charge in [0.1, 0.15) is 16.8 Å². The van der Waals surface area contributed by atoms with E-state index in [1.54, 1.807) is 6.92 Å². The number of fused-ring (bicyclic) bond motifs is 1.